The Labute approximate surface area is 149 Å². The number of hydroxylamine groups is 1. The van der Waals surface area contributed by atoms with Crippen LogP contribution in [-0.4, -0.2) is 21.1 Å². The molecule has 0 aliphatic rings. The number of carbonyl (C=O) groups excluding carboxylic acids is 1. The van der Waals surface area contributed by atoms with E-state index < -0.39 is 5.91 Å². The maximum Gasteiger partial charge on any atom is 0.284 e. The fraction of sp³-hybridized carbons (Fsp3) is 0.167. The summed E-state index contributed by atoms with van der Waals surface area (Å²) in [4.78, 5) is 21.5. The van der Waals surface area contributed by atoms with E-state index in [4.69, 9.17) is 5.21 Å². The quantitative estimate of drug-likeness (QED) is 0.467. The highest BCUT2D eigenvalue weighted by atomic mass is 32.1. The Morgan fingerprint density at radius 2 is 2.12 bits per heavy atom. The maximum absolute atomic E-state index is 11.5. The van der Waals surface area contributed by atoms with Crippen LogP contribution in [0, 0.1) is 0 Å². The second-order valence-corrected chi connectivity index (χ2v) is 6.59. The van der Waals surface area contributed by atoms with E-state index in [-0.39, 0.29) is 6.04 Å². The summed E-state index contributed by atoms with van der Waals surface area (Å²) >= 11 is 1.29. The van der Waals surface area contributed by atoms with Crippen LogP contribution in [0.15, 0.2) is 54.9 Å². The Balaban J connectivity index is 1.69. The monoisotopic (exact) mass is 354 g/mol. The Morgan fingerprint density at radius 3 is 2.88 bits per heavy atom. The fourth-order valence-corrected chi connectivity index (χ4v) is 3.24. The van der Waals surface area contributed by atoms with Gasteiger partial charge in [-0.2, -0.15) is 0 Å². The summed E-state index contributed by atoms with van der Waals surface area (Å²) < 4.78 is 0. The molecule has 0 bridgehead atoms. The van der Waals surface area contributed by atoms with Crippen LogP contribution in [0.4, 0.5) is 0 Å². The van der Waals surface area contributed by atoms with Gasteiger partial charge in [-0.25, -0.2) is 5.48 Å². The number of nitrogens with zero attached hydrogens (tertiary/aromatic N) is 2. The normalized spacial score (nSPS) is 11.9. The Bertz CT molecular complexity index is 851. The van der Waals surface area contributed by atoms with Gasteiger partial charge in [-0.3, -0.25) is 20.0 Å². The zero-order valence-electron chi connectivity index (χ0n) is 13.6. The van der Waals surface area contributed by atoms with Gasteiger partial charge in [-0.05, 0) is 42.8 Å². The minimum atomic E-state index is -0.514. The largest absolute Gasteiger partial charge is 0.305 e. The molecule has 7 heteroatoms. The molecule has 0 aliphatic heterocycles. The van der Waals surface area contributed by atoms with E-state index in [0.717, 1.165) is 21.8 Å². The third-order valence-electron chi connectivity index (χ3n) is 3.76. The van der Waals surface area contributed by atoms with Crippen molar-refractivity contribution in [3.63, 3.8) is 0 Å². The number of pyridine rings is 2. The molecule has 0 spiro atoms. The maximum atomic E-state index is 11.5. The molecule has 3 aromatic rings. The summed E-state index contributed by atoms with van der Waals surface area (Å²) in [6.07, 6.45) is 3.61. The van der Waals surface area contributed by atoms with Crippen LogP contribution < -0.4 is 10.8 Å². The molecule has 6 nitrogen and oxygen atoms in total. The number of carbonyl (C=O) groups is 1. The van der Waals surface area contributed by atoms with Crippen molar-refractivity contribution >= 4 is 17.2 Å². The Hall–Kier alpha value is -2.61. The molecule has 25 heavy (non-hydrogen) atoms. The van der Waals surface area contributed by atoms with Crippen molar-refractivity contribution < 1.29 is 10.0 Å². The SMILES string of the molecule is CC(NCc1cccc(-c2ccc(C(=O)NO)s2)n1)c1cccnc1. The van der Waals surface area contributed by atoms with E-state index in [2.05, 4.69) is 22.2 Å². The molecule has 3 rings (SSSR count). The van der Waals surface area contributed by atoms with Crippen molar-refractivity contribution in [2.45, 2.75) is 19.5 Å². The average molecular weight is 354 g/mol. The van der Waals surface area contributed by atoms with Gasteiger partial charge in [0.1, 0.15) is 0 Å². The minimum Gasteiger partial charge on any atom is -0.305 e. The molecule has 3 heterocycles. The van der Waals surface area contributed by atoms with Crippen LogP contribution in [0.5, 0.6) is 0 Å². The molecule has 1 atom stereocenters. The fourth-order valence-electron chi connectivity index (χ4n) is 2.38. The first-order valence-corrected chi connectivity index (χ1v) is 8.63. The predicted molar refractivity (Wildman–Crippen MR) is 96.3 cm³/mol. The van der Waals surface area contributed by atoms with E-state index in [9.17, 15) is 4.79 Å². The molecule has 3 N–H and O–H groups in total. The van der Waals surface area contributed by atoms with Gasteiger partial charge in [0.25, 0.3) is 5.91 Å². The Kier molecular flexibility index (Phi) is 5.49. The number of thiophene rings is 1. The lowest BCUT2D eigenvalue weighted by atomic mass is 10.1. The zero-order chi connectivity index (χ0) is 17.6. The zero-order valence-corrected chi connectivity index (χ0v) is 14.5. The molecule has 0 aliphatic carbocycles. The van der Waals surface area contributed by atoms with Crippen molar-refractivity contribution in [3.05, 3.63) is 71.0 Å². The number of hydrogen-bond donors (Lipinski definition) is 3. The first-order chi connectivity index (χ1) is 12.2. The van der Waals surface area contributed by atoms with Crippen LogP contribution in [-0.2, 0) is 6.54 Å². The summed E-state index contributed by atoms with van der Waals surface area (Å²) in [6.45, 7) is 2.71. The molecule has 1 amide bonds. The summed E-state index contributed by atoms with van der Waals surface area (Å²) in [6, 6.07) is 13.4. The van der Waals surface area contributed by atoms with Gasteiger partial charge in [0.15, 0.2) is 0 Å². The average Bonchev–Trinajstić information content (AvgIpc) is 3.16. The van der Waals surface area contributed by atoms with Gasteiger partial charge < -0.3 is 5.32 Å². The van der Waals surface area contributed by atoms with E-state index in [1.165, 1.54) is 11.3 Å². The van der Waals surface area contributed by atoms with Crippen molar-refractivity contribution in [1.29, 1.82) is 0 Å². The lowest BCUT2D eigenvalue weighted by molar-refractivity contribution is 0.0711. The number of hydrogen-bond acceptors (Lipinski definition) is 6. The summed E-state index contributed by atoms with van der Waals surface area (Å²) in [7, 11) is 0. The first-order valence-electron chi connectivity index (χ1n) is 7.81. The van der Waals surface area contributed by atoms with Crippen LogP contribution in [0.1, 0.15) is 33.9 Å². The lowest BCUT2D eigenvalue weighted by Gasteiger charge is -2.13. The molecule has 0 aromatic carbocycles. The molecule has 0 saturated carbocycles. The summed E-state index contributed by atoms with van der Waals surface area (Å²) in [5, 5.41) is 12.1. The van der Waals surface area contributed by atoms with Gasteiger partial charge in [-0.15, -0.1) is 11.3 Å². The minimum absolute atomic E-state index is 0.167. The van der Waals surface area contributed by atoms with Crippen molar-refractivity contribution in [2.75, 3.05) is 0 Å². The third-order valence-corrected chi connectivity index (χ3v) is 4.87. The molecule has 1 unspecified atom stereocenters. The van der Waals surface area contributed by atoms with Crippen LogP contribution in [0.25, 0.3) is 10.6 Å². The number of nitrogens with one attached hydrogen (secondary N) is 2. The molecule has 0 radical (unpaired) electrons. The molecule has 0 saturated heterocycles. The Morgan fingerprint density at radius 1 is 1.24 bits per heavy atom. The van der Waals surface area contributed by atoms with Crippen molar-refractivity contribution in [2.24, 2.45) is 0 Å². The molecule has 0 fully saturated rings. The van der Waals surface area contributed by atoms with Gasteiger partial charge >= 0.3 is 0 Å². The van der Waals surface area contributed by atoms with Gasteiger partial charge in [0.2, 0.25) is 0 Å². The van der Waals surface area contributed by atoms with Gasteiger partial charge in [0, 0.05) is 25.0 Å². The second-order valence-electron chi connectivity index (χ2n) is 5.51. The number of aromatic nitrogens is 2. The van der Waals surface area contributed by atoms with E-state index >= 15 is 0 Å². The highest BCUT2D eigenvalue weighted by Crippen LogP contribution is 2.26. The molecule has 3 aromatic heterocycles. The van der Waals surface area contributed by atoms with Crippen LogP contribution in [0.2, 0.25) is 0 Å². The molecular weight excluding hydrogens is 336 g/mol. The predicted octanol–water partition coefficient (Wildman–Crippen LogP) is 3.17. The first kappa shape index (κ1) is 17.2. The van der Waals surface area contributed by atoms with E-state index in [1.807, 2.05) is 42.6 Å². The highest BCUT2D eigenvalue weighted by molar-refractivity contribution is 7.17. The van der Waals surface area contributed by atoms with Crippen LogP contribution >= 0.6 is 11.3 Å². The lowest BCUT2D eigenvalue weighted by Crippen LogP contribution is -2.18. The van der Waals surface area contributed by atoms with Crippen molar-refractivity contribution in [1.82, 2.24) is 20.8 Å². The van der Waals surface area contributed by atoms with Crippen molar-refractivity contribution in [3.8, 4) is 10.6 Å². The summed E-state index contributed by atoms with van der Waals surface area (Å²) in [5.74, 6) is -0.514. The topological polar surface area (TPSA) is 87.1 Å². The second kappa shape index (κ2) is 7.98. The third kappa shape index (κ3) is 4.27. The van der Waals surface area contributed by atoms with E-state index in [0.29, 0.717) is 11.4 Å². The molecular formula is C18H18N4O2S. The van der Waals surface area contributed by atoms with Crippen LogP contribution in [0.3, 0.4) is 0 Å². The summed E-state index contributed by atoms with van der Waals surface area (Å²) in [5.41, 5.74) is 4.48. The number of rotatable bonds is 6. The number of amides is 1. The van der Waals surface area contributed by atoms with Gasteiger partial charge in [-0.1, -0.05) is 12.1 Å². The smallest absolute Gasteiger partial charge is 0.284 e. The molecule has 128 valence electrons. The highest BCUT2D eigenvalue weighted by Gasteiger charge is 2.11. The standard InChI is InChI=1S/C18H18N4O2S/c1-12(13-4-3-9-19-10-13)20-11-14-5-2-6-15(21-14)16-7-8-17(25-16)18(23)22-24/h2-10,12,20,24H,11H2,1H3,(H,22,23). The van der Waals surface area contributed by atoms with Gasteiger partial charge in [0.05, 0.1) is 21.1 Å². The van der Waals surface area contributed by atoms with E-state index in [1.54, 1.807) is 17.7 Å².